The van der Waals surface area contributed by atoms with Crippen molar-refractivity contribution in [1.29, 1.82) is 0 Å². The Morgan fingerprint density at radius 3 is 2.28 bits per heavy atom. The lowest BCUT2D eigenvalue weighted by Crippen LogP contribution is -2.36. The molecule has 2 atom stereocenters. The van der Waals surface area contributed by atoms with Gasteiger partial charge < -0.3 is 5.73 Å². The second-order valence-electron chi connectivity index (χ2n) is 4.90. The summed E-state index contributed by atoms with van der Waals surface area (Å²) < 4.78 is 0. The number of benzene rings is 1. The van der Waals surface area contributed by atoms with Gasteiger partial charge in [-0.2, -0.15) is 0 Å². The molecule has 0 heterocycles. The molecule has 0 aliphatic heterocycles. The summed E-state index contributed by atoms with van der Waals surface area (Å²) in [5.41, 5.74) is 7.22. The summed E-state index contributed by atoms with van der Waals surface area (Å²) in [5.74, 6) is 0.700. The summed E-state index contributed by atoms with van der Waals surface area (Å²) >= 11 is 5.93. The van der Waals surface area contributed by atoms with Crippen LogP contribution in [0.25, 0.3) is 0 Å². The first-order valence-electron chi connectivity index (χ1n) is 6.81. The zero-order valence-electron chi connectivity index (χ0n) is 11.7. The van der Waals surface area contributed by atoms with Gasteiger partial charge in [-0.1, -0.05) is 50.9 Å². The lowest BCUT2D eigenvalue weighted by atomic mass is 10.0. The Morgan fingerprint density at radius 2 is 1.83 bits per heavy atom. The Hall–Kier alpha value is -0.570. The van der Waals surface area contributed by atoms with E-state index >= 15 is 0 Å². The Morgan fingerprint density at radius 1 is 1.22 bits per heavy atom. The third-order valence-corrected chi connectivity index (χ3v) is 3.82. The number of halogens is 1. The van der Waals surface area contributed by atoms with Crippen LogP contribution in [-0.4, -0.2) is 24.5 Å². The topological polar surface area (TPSA) is 29.3 Å². The molecule has 0 aromatic heterocycles. The first-order chi connectivity index (χ1) is 8.62. The molecule has 0 aliphatic carbocycles. The van der Waals surface area contributed by atoms with E-state index in [-0.39, 0.29) is 0 Å². The molecule has 1 aromatic carbocycles. The Balaban J connectivity index is 2.82. The van der Waals surface area contributed by atoms with Crippen molar-refractivity contribution in [2.75, 3.05) is 19.6 Å². The van der Waals surface area contributed by atoms with Crippen LogP contribution < -0.4 is 5.73 Å². The lowest BCUT2D eigenvalue weighted by Gasteiger charge is -2.32. The van der Waals surface area contributed by atoms with E-state index in [1.54, 1.807) is 0 Å². The number of nitrogens with two attached hydrogens (primary N) is 1. The van der Waals surface area contributed by atoms with Gasteiger partial charge in [-0.3, -0.25) is 4.90 Å². The highest BCUT2D eigenvalue weighted by atomic mass is 35.5. The predicted molar refractivity (Wildman–Crippen MR) is 79.9 cm³/mol. The van der Waals surface area contributed by atoms with Crippen LogP contribution in [-0.2, 0) is 0 Å². The van der Waals surface area contributed by atoms with Gasteiger partial charge in [0.05, 0.1) is 0 Å². The van der Waals surface area contributed by atoms with Crippen molar-refractivity contribution < 1.29 is 0 Å². The molecular formula is C15H25ClN2. The fraction of sp³-hybridized carbons (Fsp3) is 0.600. The normalized spacial score (nSPS) is 14.8. The summed E-state index contributed by atoms with van der Waals surface area (Å²) in [7, 11) is 0. The molecule has 18 heavy (non-hydrogen) atoms. The van der Waals surface area contributed by atoms with Gasteiger partial charge in [0, 0.05) is 24.2 Å². The number of hydrogen-bond acceptors (Lipinski definition) is 2. The minimum atomic E-state index is 0.293. The van der Waals surface area contributed by atoms with Crippen molar-refractivity contribution in [3.05, 3.63) is 34.9 Å². The van der Waals surface area contributed by atoms with Crippen LogP contribution >= 0.6 is 11.6 Å². The second kappa shape index (κ2) is 7.78. The summed E-state index contributed by atoms with van der Waals surface area (Å²) in [6.45, 7) is 9.48. The van der Waals surface area contributed by atoms with Gasteiger partial charge in [0.15, 0.2) is 0 Å². The van der Waals surface area contributed by atoms with E-state index in [9.17, 15) is 0 Å². The molecule has 3 heteroatoms. The predicted octanol–water partition coefficient (Wildman–Crippen LogP) is 3.71. The maximum atomic E-state index is 5.96. The standard InChI is InChI=1S/C15H25ClN2/c1-4-12(3)11-18(5-2)15(10-17)13-6-8-14(16)9-7-13/h6-9,12,15H,4-5,10-11,17H2,1-3H3. The van der Waals surface area contributed by atoms with Crippen molar-refractivity contribution in [2.45, 2.75) is 33.2 Å². The number of rotatable bonds is 7. The molecule has 1 aromatic rings. The quantitative estimate of drug-likeness (QED) is 0.817. The second-order valence-corrected chi connectivity index (χ2v) is 5.34. The first kappa shape index (κ1) is 15.5. The Kier molecular flexibility index (Phi) is 6.69. The molecular weight excluding hydrogens is 244 g/mol. The van der Waals surface area contributed by atoms with Crippen molar-refractivity contribution in [1.82, 2.24) is 4.90 Å². The van der Waals surface area contributed by atoms with Crippen molar-refractivity contribution in [2.24, 2.45) is 11.7 Å². The summed E-state index contributed by atoms with van der Waals surface area (Å²) in [5, 5.41) is 0.777. The van der Waals surface area contributed by atoms with Gasteiger partial charge >= 0.3 is 0 Å². The van der Waals surface area contributed by atoms with Gasteiger partial charge in [-0.15, -0.1) is 0 Å². The molecule has 0 amide bonds. The fourth-order valence-electron chi connectivity index (χ4n) is 2.19. The van der Waals surface area contributed by atoms with E-state index in [1.165, 1.54) is 12.0 Å². The van der Waals surface area contributed by atoms with Crippen LogP contribution in [0.4, 0.5) is 0 Å². The van der Waals surface area contributed by atoms with Crippen LogP contribution in [0.2, 0.25) is 5.02 Å². The van der Waals surface area contributed by atoms with Gasteiger partial charge in [-0.25, -0.2) is 0 Å². The lowest BCUT2D eigenvalue weighted by molar-refractivity contribution is 0.182. The highest BCUT2D eigenvalue weighted by Gasteiger charge is 2.19. The molecule has 102 valence electrons. The summed E-state index contributed by atoms with van der Waals surface area (Å²) in [6, 6.07) is 8.34. The summed E-state index contributed by atoms with van der Waals surface area (Å²) in [6.07, 6.45) is 1.20. The molecule has 0 bridgehead atoms. The molecule has 2 N–H and O–H groups in total. The van der Waals surface area contributed by atoms with E-state index in [1.807, 2.05) is 12.1 Å². The van der Waals surface area contributed by atoms with E-state index in [0.717, 1.165) is 18.1 Å². The van der Waals surface area contributed by atoms with Crippen LogP contribution in [0.15, 0.2) is 24.3 Å². The average molecular weight is 269 g/mol. The molecule has 2 unspecified atom stereocenters. The minimum absolute atomic E-state index is 0.293. The number of nitrogens with zero attached hydrogens (tertiary/aromatic N) is 1. The monoisotopic (exact) mass is 268 g/mol. The van der Waals surface area contributed by atoms with Crippen LogP contribution in [0.3, 0.4) is 0 Å². The zero-order valence-corrected chi connectivity index (χ0v) is 12.5. The molecule has 0 fully saturated rings. The molecule has 0 saturated carbocycles. The largest absolute Gasteiger partial charge is 0.329 e. The fourth-order valence-corrected chi connectivity index (χ4v) is 2.31. The van der Waals surface area contributed by atoms with Gasteiger partial charge in [0.2, 0.25) is 0 Å². The third kappa shape index (κ3) is 4.27. The van der Waals surface area contributed by atoms with Gasteiger partial charge in [-0.05, 0) is 30.2 Å². The number of likely N-dealkylation sites (N-methyl/N-ethyl adjacent to an activating group) is 1. The SMILES string of the molecule is CCC(C)CN(CC)C(CN)c1ccc(Cl)cc1. The van der Waals surface area contributed by atoms with Crippen LogP contribution in [0, 0.1) is 5.92 Å². The van der Waals surface area contributed by atoms with E-state index < -0.39 is 0 Å². The highest BCUT2D eigenvalue weighted by molar-refractivity contribution is 6.30. The average Bonchev–Trinajstić information content (AvgIpc) is 2.40. The molecule has 0 aliphatic rings. The first-order valence-corrected chi connectivity index (χ1v) is 7.19. The maximum Gasteiger partial charge on any atom is 0.0470 e. The van der Waals surface area contributed by atoms with Crippen molar-refractivity contribution in [3.63, 3.8) is 0 Å². The Bertz CT molecular complexity index is 337. The van der Waals surface area contributed by atoms with Gasteiger partial charge in [0.1, 0.15) is 0 Å². The molecule has 1 rings (SSSR count). The van der Waals surface area contributed by atoms with Crippen LogP contribution in [0.1, 0.15) is 38.8 Å². The van der Waals surface area contributed by atoms with Gasteiger partial charge in [0.25, 0.3) is 0 Å². The van der Waals surface area contributed by atoms with Crippen LogP contribution in [0.5, 0.6) is 0 Å². The molecule has 0 radical (unpaired) electrons. The van der Waals surface area contributed by atoms with E-state index in [2.05, 4.69) is 37.8 Å². The highest BCUT2D eigenvalue weighted by Crippen LogP contribution is 2.22. The van der Waals surface area contributed by atoms with Crippen molar-refractivity contribution >= 4 is 11.6 Å². The maximum absolute atomic E-state index is 5.96. The van der Waals surface area contributed by atoms with E-state index in [0.29, 0.717) is 18.5 Å². The smallest absolute Gasteiger partial charge is 0.0470 e. The molecule has 2 nitrogen and oxygen atoms in total. The minimum Gasteiger partial charge on any atom is -0.329 e. The molecule has 0 spiro atoms. The third-order valence-electron chi connectivity index (χ3n) is 3.57. The van der Waals surface area contributed by atoms with Crippen molar-refractivity contribution in [3.8, 4) is 0 Å². The Labute approximate surface area is 116 Å². The number of hydrogen-bond donors (Lipinski definition) is 1. The summed E-state index contributed by atoms with van der Waals surface area (Å²) in [4.78, 5) is 2.46. The molecule has 0 saturated heterocycles. The van der Waals surface area contributed by atoms with E-state index in [4.69, 9.17) is 17.3 Å². The zero-order chi connectivity index (χ0) is 13.5.